The second kappa shape index (κ2) is 27.3. The molecule has 1 aliphatic carbocycles. The standard InChI is InChI=1S/C40H76/c1-6-10-14-18-22-23-27-29-33-38-36(5)37(32-28-24-19-15-11-7-2)39(34-30-25-20-16-12-8-3)40(38)35-31-26-21-17-13-9-4/h36H,6-35H2,1-5H3. The highest BCUT2D eigenvalue weighted by molar-refractivity contribution is 5.49. The van der Waals surface area contributed by atoms with E-state index in [1.54, 1.807) is 0 Å². The molecule has 0 aromatic heterocycles. The smallest absolute Gasteiger partial charge is 0.000958 e. The third-order valence-electron chi connectivity index (χ3n) is 9.84. The summed E-state index contributed by atoms with van der Waals surface area (Å²) in [6.45, 7) is 12.0. The maximum Gasteiger partial charge on any atom is -0.000958 e. The van der Waals surface area contributed by atoms with Crippen molar-refractivity contribution in [3.63, 3.8) is 0 Å². The monoisotopic (exact) mass is 557 g/mol. The molecule has 0 saturated carbocycles. The maximum absolute atomic E-state index is 2.61. The lowest BCUT2D eigenvalue weighted by molar-refractivity contribution is 0.562. The molecule has 0 N–H and O–H groups in total. The van der Waals surface area contributed by atoms with Crippen LogP contribution in [0.15, 0.2) is 22.3 Å². The highest BCUT2D eigenvalue weighted by Gasteiger charge is 2.29. The van der Waals surface area contributed by atoms with E-state index in [4.69, 9.17) is 0 Å². The van der Waals surface area contributed by atoms with Crippen LogP contribution < -0.4 is 0 Å². The van der Waals surface area contributed by atoms with Crippen molar-refractivity contribution >= 4 is 0 Å². The highest BCUT2D eigenvalue weighted by atomic mass is 14.3. The van der Waals surface area contributed by atoms with Gasteiger partial charge in [0.15, 0.2) is 0 Å². The summed E-state index contributed by atoms with van der Waals surface area (Å²) in [4.78, 5) is 0. The molecule has 0 fully saturated rings. The first kappa shape index (κ1) is 37.5. The van der Waals surface area contributed by atoms with Crippen LogP contribution in [0, 0.1) is 5.92 Å². The van der Waals surface area contributed by atoms with Gasteiger partial charge in [0.25, 0.3) is 0 Å². The van der Waals surface area contributed by atoms with E-state index in [-0.39, 0.29) is 0 Å². The molecule has 0 heteroatoms. The summed E-state index contributed by atoms with van der Waals surface area (Å²) < 4.78 is 0. The van der Waals surface area contributed by atoms with Crippen molar-refractivity contribution in [1.29, 1.82) is 0 Å². The summed E-state index contributed by atoms with van der Waals surface area (Å²) in [7, 11) is 0. The van der Waals surface area contributed by atoms with Gasteiger partial charge in [-0.1, -0.05) is 187 Å². The zero-order chi connectivity index (χ0) is 29.1. The van der Waals surface area contributed by atoms with E-state index in [0.717, 1.165) is 5.92 Å². The van der Waals surface area contributed by atoms with Crippen molar-refractivity contribution < 1.29 is 0 Å². The van der Waals surface area contributed by atoms with Crippen LogP contribution in [-0.2, 0) is 0 Å². The predicted molar refractivity (Wildman–Crippen MR) is 184 cm³/mol. The van der Waals surface area contributed by atoms with E-state index in [0.29, 0.717) is 0 Å². The van der Waals surface area contributed by atoms with Crippen molar-refractivity contribution in [1.82, 2.24) is 0 Å². The molecule has 40 heavy (non-hydrogen) atoms. The molecule has 0 saturated heterocycles. The average molecular weight is 557 g/mol. The summed E-state index contributed by atoms with van der Waals surface area (Å²) >= 11 is 0. The Hall–Kier alpha value is -0.520. The van der Waals surface area contributed by atoms with Crippen LogP contribution in [0.25, 0.3) is 0 Å². The van der Waals surface area contributed by atoms with Gasteiger partial charge in [-0.3, -0.25) is 0 Å². The molecule has 236 valence electrons. The van der Waals surface area contributed by atoms with Crippen molar-refractivity contribution in [3.8, 4) is 0 Å². The van der Waals surface area contributed by atoms with Crippen molar-refractivity contribution in [3.05, 3.63) is 22.3 Å². The average Bonchev–Trinajstić information content (AvgIpc) is 3.20. The van der Waals surface area contributed by atoms with Gasteiger partial charge in [0.1, 0.15) is 0 Å². The lowest BCUT2D eigenvalue weighted by atomic mass is 9.89. The van der Waals surface area contributed by atoms with Gasteiger partial charge in [-0.25, -0.2) is 0 Å². The summed E-state index contributed by atoms with van der Waals surface area (Å²) in [5, 5.41) is 0. The minimum absolute atomic E-state index is 0.741. The Balaban J connectivity index is 2.85. The molecule has 0 aliphatic heterocycles. The van der Waals surface area contributed by atoms with Gasteiger partial charge in [-0.2, -0.15) is 0 Å². The first-order valence-electron chi connectivity index (χ1n) is 19.1. The molecular formula is C40H76. The molecule has 1 unspecified atom stereocenters. The lowest BCUT2D eigenvalue weighted by Crippen LogP contribution is -2.01. The largest absolute Gasteiger partial charge is 0.0654 e. The first-order valence-corrected chi connectivity index (χ1v) is 19.1. The minimum atomic E-state index is 0.741. The van der Waals surface area contributed by atoms with E-state index in [9.17, 15) is 0 Å². The third kappa shape index (κ3) is 17.4. The predicted octanol–water partition coefficient (Wildman–Crippen LogP) is 15.0. The summed E-state index contributed by atoms with van der Waals surface area (Å²) in [6.07, 6.45) is 42.7. The SMILES string of the molecule is CCCCCCCCCCC1=C(CCCCCCCC)C(CCCCCCCC)=C(CCCCCCCC)C1C. The molecular weight excluding hydrogens is 480 g/mol. The second-order valence-electron chi connectivity index (χ2n) is 13.5. The summed E-state index contributed by atoms with van der Waals surface area (Å²) in [6, 6.07) is 0. The number of hydrogen-bond acceptors (Lipinski definition) is 0. The van der Waals surface area contributed by atoms with E-state index in [1.165, 1.54) is 193 Å². The Bertz CT molecular complexity index is 620. The van der Waals surface area contributed by atoms with Gasteiger partial charge < -0.3 is 0 Å². The van der Waals surface area contributed by atoms with Gasteiger partial charge in [-0.15, -0.1) is 0 Å². The molecule has 0 heterocycles. The second-order valence-corrected chi connectivity index (χ2v) is 13.5. The van der Waals surface area contributed by atoms with Gasteiger partial charge in [0.2, 0.25) is 0 Å². The topological polar surface area (TPSA) is 0 Å². The number of hydrogen-bond donors (Lipinski definition) is 0. The Morgan fingerprint density at radius 1 is 0.300 bits per heavy atom. The Kier molecular flexibility index (Phi) is 25.6. The summed E-state index contributed by atoms with van der Waals surface area (Å²) in [5.41, 5.74) is 7.58. The summed E-state index contributed by atoms with van der Waals surface area (Å²) in [5.74, 6) is 0.741. The fourth-order valence-electron chi connectivity index (χ4n) is 7.19. The van der Waals surface area contributed by atoms with Gasteiger partial charge in [0, 0.05) is 0 Å². The molecule has 0 aromatic carbocycles. The van der Waals surface area contributed by atoms with Crippen LogP contribution in [0.5, 0.6) is 0 Å². The maximum atomic E-state index is 2.61. The number of allylic oxidation sites excluding steroid dienone is 4. The van der Waals surface area contributed by atoms with Crippen LogP contribution in [0.3, 0.4) is 0 Å². The number of rotatable bonds is 30. The zero-order valence-electron chi connectivity index (χ0n) is 28.8. The normalized spacial score (nSPS) is 15.7. The van der Waals surface area contributed by atoms with Gasteiger partial charge in [0.05, 0.1) is 0 Å². The molecule has 1 aliphatic rings. The van der Waals surface area contributed by atoms with Crippen molar-refractivity contribution in [2.24, 2.45) is 5.92 Å². The molecule has 0 amide bonds. The molecule has 0 aromatic rings. The minimum Gasteiger partial charge on any atom is -0.0654 e. The molecule has 0 radical (unpaired) electrons. The van der Waals surface area contributed by atoms with E-state index >= 15 is 0 Å². The van der Waals surface area contributed by atoms with Crippen LogP contribution in [0.1, 0.15) is 227 Å². The lowest BCUT2D eigenvalue weighted by Gasteiger charge is -2.16. The Labute approximate surface area is 255 Å². The molecule has 1 rings (SSSR count). The van der Waals surface area contributed by atoms with Gasteiger partial charge >= 0.3 is 0 Å². The molecule has 0 spiro atoms. The zero-order valence-corrected chi connectivity index (χ0v) is 28.8. The van der Waals surface area contributed by atoms with Crippen LogP contribution in [-0.4, -0.2) is 0 Å². The number of unbranched alkanes of at least 4 members (excludes halogenated alkanes) is 22. The van der Waals surface area contributed by atoms with Crippen molar-refractivity contribution in [2.45, 2.75) is 227 Å². The van der Waals surface area contributed by atoms with Crippen LogP contribution >= 0.6 is 0 Å². The van der Waals surface area contributed by atoms with Crippen LogP contribution in [0.2, 0.25) is 0 Å². The quantitative estimate of drug-likeness (QED) is 0.0772. The molecule has 1 atom stereocenters. The van der Waals surface area contributed by atoms with E-state index in [1.807, 2.05) is 22.3 Å². The highest BCUT2D eigenvalue weighted by Crippen LogP contribution is 2.46. The van der Waals surface area contributed by atoms with E-state index < -0.39 is 0 Å². The van der Waals surface area contributed by atoms with Gasteiger partial charge in [-0.05, 0) is 68.4 Å². The Morgan fingerprint density at radius 2 is 0.525 bits per heavy atom. The molecule has 0 nitrogen and oxygen atoms in total. The first-order chi connectivity index (χ1) is 19.7. The van der Waals surface area contributed by atoms with Crippen LogP contribution in [0.4, 0.5) is 0 Å². The Morgan fingerprint density at radius 3 is 0.800 bits per heavy atom. The van der Waals surface area contributed by atoms with E-state index in [2.05, 4.69) is 34.6 Å². The fraction of sp³-hybridized carbons (Fsp3) is 0.900. The third-order valence-corrected chi connectivity index (χ3v) is 9.84. The molecule has 0 bridgehead atoms. The van der Waals surface area contributed by atoms with Crippen molar-refractivity contribution in [2.75, 3.05) is 0 Å². The fourth-order valence-corrected chi connectivity index (χ4v) is 7.19.